The molecule has 0 unspecified atom stereocenters. The van der Waals surface area contributed by atoms with Crippen molar-refractivity contribution in [3.63, 3.8) is 0 Å². The minimum Gasteiger partial charge on any atom is -0.342 e. The standard InChI is InChI=1S/C17H24N4O/c1-13-16-5-4-8-21(16)11-15(18-13)14-6-9-20(10-7-14)17(22)12-19(2)3/h4-5,8,11,14H,6-7,9-10,12H2,1-3H3. The zero-order valence-corrected chi connectivity index (χ0v) is 13.6. The van der Waals surface area contributed by atoms with E-state index < -0.39 is 0 Å². The molecule has 0 aliphatic carbocycles. The van der Waals surface area contributed by atoms with Gasteiger partial charge in [0.2, 0.25) is 5.91 Å². The fourth-order valence-corrected chi connectivity index (χ4v) is 3.23. The van der Waals surface area contributed by atoms with Crippen LogP contribution in [-0.4, -0.2) is 58.8 Å². The second kappa shape index (κ2) is 6.08. The Morgan fingerprint density at radius 1 is 1.36 bits per heavy atom. The Kier molecular flexibility index (Phi) is 4.16. The van der Waals surface area contributed by atoms with Crippen molar-refractivity contribution in [3.05, 3.63) is 35.9 Å². The predicted molar refractivity (Wildman–Crippen MR) is 87.0 cm³/mol. The lowest BCUT2D eigenvalue weighted by Crippen LogP contribution is -2.42. The summed E-state index contributed by atoms with van der Waals surface area (Å²) in [6.07, 6.45) is 6.21. The summed E-state index contributed by atoms with van der Waals surface area (Å²) >= 11 is 0. The van der Waals surface area contributed by atoms with Crippen LogP contribution < -0.4 is 0 Å². The van der Waals surface area contributed by atoms with E-state index in [4.69, 9.17) is 4.98 Å². The number of fused-ring (bicyclic) bond motifs is 1. The zero-order valence-electron chi connectivity index (χ0n) is 13.6. The molecule has 0 N–H and O–H groups in total. The summed E-state index contributed by atoms with van der Waals surface area (Å²) in [5, 5.41) is 0. The van der Waals surface area contributed by atoms with E-state index in [0.717, 1.165) is 37.3 Å². The number of carbonyl (C=O) groups is 1. The molecule has 0 radical (unpaired) electrons. The number of rotatable bonds is 3. The quantitative estimate of drug-likeness (QED) is 0.869. The van der Waals surface area contributed by atoms with Gasteiger partial charge in [0.25, 0.3) is 0 Å². The maximum Gasteiger partial charge on any atom is 0.236 e. The lowest BCUT2D eigenvalue weighted by Gasteiger charge is -2.32. The van der Waals surface area contributed by atoms with E-state index in [0.29, 0.717) is 12.5 Å². The molecule has 2 aromatic rings. The molecule has 22 heavy (non-hydrogen) atoms. The van der Waals surface area contributed by atoms with Crippen molar-refractivity contribution in [2.45, 2.75) is 25.7 Å². The third-order valence-electron chi connectivity index (χ3n) is 4.44. The highest BCUT2D eigenvalue weighted by atomic mass is 16.2. The molecule has 0 aromatic carbocycles. The first kappa shape index (κ1) is 15.0. The molecule has 1 saturated heterocycles. The van der Waals surface area contributed by atoms with Crippen LogP contribution in [0.2, 0.25) is 0 Å². The van der Waals surface area contributed by atoms with Crippen molar-refractivity contribution in [1.82, 2.24) is 19.2 Å². The minimum atomic E-state index is 0.230. The van der Waals surface area contributed by atoms with E-state index in [9.17, 15) is 4.79 Å². The van der Waals surface area contributed by atoms with Crippen LogP contribution in [0.3, 0.4) is 0 Å². The van der Waals surface area contributed by atoms with Crippen molar-refractivity contribution < 1.29 is 4.79 Å². The summed E-state index contributed by atoms with van der Waals surface area (Å²) in [5.41, 5.74) is 3.40. The van der Waals surface area contributed by atoms with Gasteiger partial charge in [-0.05, 0) is 46.0 Å². The van der Waals surface area contributed by atoms with Crippen LogP contribution in [0.25, 0.3) is 5.52 Å². The molecule has 0 atom stereocenters. The summed E-state index contributed by atoms with van der Waals surface area (Å²) < 4.78 is 2.15. The summed E-state index contributed by atoms with van der Waals surface area (Å²) in [7, 11) is 3.87. The van der Waals surface area contributed by atoms with E-state index in [1.54, 1.807) is 0 Å². The highest BCUT2D eigenvalue weighted by molar-refractivity contribution is 5.78. The Balaban J connectivity index is 1.68. The smallest absolute Gasteiger partial charge is 0.236 e. The van der Waals surface area contributed by atoms with E-state index >= 15 is 0 Å². The number of hydrogen-bond donors (Lipinski definition) is 0. The summed E-state index contributed by atoms with van der Waals surface area (Å²) in [6, 6.07) is 4.14. The van der Waals surface area contributed by atoms with Crippen LogP contribution in [0.1, 0.15) is 30.1 Å². The van der Waals surface area contributed by atoms with Crippen molar-refractivity contribution in [3.8, 4) is 0 Å². The molecule has 5 heteroatoms. The van der Waals surface area contributed by atoms with Crippen LogP contribution in [-0.2, 0) is 4.79 Å². The van der Waals surface area contributed by atoms with Gasteiger partial charge in [0.15, 0.2) is 0 Å². The Morgan fingerprint density at radius 3 is 2.77 bits per heavy atom. The van der Waals surface area contributed by atoms with Crippen molar-refractivity contribution >= 4 is 11.4 Å². The van der Waals surface area contributed by atoms with Gasteiger partial charge in [-0.1, -0.05) is 0 Å². The van der Waals surface area contributed by atoms with E-state index in [-0.39, 0.29) is 5.91 Å². The highest BCUT2D eigenvalue weighted by Crippen LogP contribution is 2.27. The third kappa shape index (κ3) is 2.99. The second-order valence-electron chi connectivity index (χ2n) is 6.44. The summed E-state index contributed by atoms with van der Waals surface area (Å²) in [6.45, 7) is 4.23. The SMILES string of the molecule is Cc1nc(C2CCN(C(=O)CN(C)C)CC2)cn2cccc12. The van der Waals surface area contributed by atoms with Gasteiger partial charge in [0.1, 0.15) is 0 Å². The molecular formula is C17H24N4O. The first-order valence-electron chi connectivity index (χ1n) is 7.91. The number of aromatic nitrogens is 2. The third-order valence-corrected chi connectivity index (χ3v) is 4.44. The van der Waals surface area contributed by atoms with Gasteiger partial charge < -0.3 is 14.2 Å². The lowest BCUT2D eigenvalue weighted by molar-refractivity contribution is -0.132. The number of amides is 1. The van der Waals surface area contributed by atoms with Crippen molar-refractivity contribution in [2.24, 2.45) is 0 Å². The fraction of sp³-hybridized carbons (Fsp3) is 0.529. The number of hydrogen-bond acceptors (Lipinski definition) is 3. The largest absolute Gasteiger partial charge is 0.342 e. The lowest BCUT2D eigenvalue weighted by atomic mass is 9.93. The molecular weight excluding hydrogens is 276 g/mol. The van der Waals surface area contributed by atoms with Crippen LogP contribution in [0.5, 0.6) is 0 Å². The molecule has 118 valence electrons. The second-order valence-corrected chi connectivity index (χ2v) is 6.44. The van der Waals surface area contributed by atoms with Crippen LogP contribution in [0, 0.1) is 6.92 Å². The number of likely N-dealkylation sites (tertiary alicyclic amines) is 1. The summed E-state index contributed by atoms with van der Waals surface area (Å²) in [4.78, 5) is 20.8. The van der Waals surface area contributed by atoms with Gasteiger partial charge in [-0.25, -0.2) is 0 Å². The monoisotopic (exact) mass is 300 g/mol. The number of carbonyl (C=O) groups excluding carboxylic acids is 1. The molecule has 3 heterocycles. The van der Waals surface area contributed by atoms with Crippen LogP contribution in [0.15, 0.2) is 24.5 Å². The normalized spacial score (nSPS) is 16.6. The number of nitrogens with zero attached hydrogens (tertiary/aromatic N) is 4. The van der Waals surface area contributed by atoms with Crippen LogP contribution in [0.4, 0.5) is 0 Å². The van der Waals surface area contributed by atoms with E-state index in [1.165, 1.54) is 5.52 Å². The number of aryl methyl sites for hydroxylation is 1. The van der Waals surface area contributed by atoms with E-state index in [1.807, 2.05) is 23.9 Å². The average molecular weight is 300 g/mol. The molecule has 1 aliphatic rings. The average Bonchev–Trinajstić information content (AvgIpc) is 2.95. The van der Waals surface area contributed by atoms with Gasteiger partial charge >= 0.3 is 0 Å². The van der Waals surface area contributed by atoms with Gasteiger partial charge in [0.05, 0.1) is 23.4 Å². The van der Waals surface area contributed by atoms with E-state index in [2.05, 4.69) is 35.9 Å². The molecule has 1 fully saturated rings. The first-order chi connectivity index (χ1) is 10.5. The molecule has 5 nitrogen and oxygen atoms in total. The van der Waals surface area contributed by atoms with Crippen LogP contribution >= 0.6 is 0 Å². The fourth-order valence-electron chi connectivity index (χ4n) is 3.23. The maximum atomic E-state index is 12.1. The summed E-state index contributed by atoms with van der Waals surface area (Å²) in [5.74, 6) is 0.683. The molecule has 0 spiro atoms. The Morgan fingerprint density at radius 2 is 2.09 bits per heavy atom. The molecule has 0 bridgehead atoms. The van der Waals surface area contributed by atoms with Gasteiger partial charge in [-0.3, -0.25) is 9.78 Å². The highest BCUT2D eigenvalue weighted by Gasteiger charge is 2.25. The van der Waals surface area contributed by atoms with Gasteiger partial charge in [-0.15, -0.1) is 0 Å². The first-order valence-corrected chi connectivity index (χ1v) is 7.91. The number of piperidine rings is 1. The molecule has 0 saturated carbocycles. The van der Waals surface area contributed by atoms with Gasteiger partial charge in [-0.2, -0.15) is 0 Å². The van der Waals surface area contributed by atoms with Crippen molar-refractivity contribution in [1.29, 1.82) is 0 Å². The molecule has 3 rings (SSSR count). The predicted octanol–water partition coefficient (Wildman–Crippen LogP) is 1.91. The maximum absolute atomic E-state index is 12.1. The molecule has 1 aliphatic heterocycles. The van der Waals surface area contributed by atoms with Crippen molar-refractivity contribution in [2.75, 3.05) is 33.7 Å². The zero-order chi connectivity index (χ0) is 15.7. The Hall–Kier alpha value is -1.88. The minimum absolute atomic E-state index is 0.230. The topological polar surface area (TPSA) is 40.9 Å². The molecule has 1 amide bonds. The Labute approximate surface area is 131 Å². The number of likely N-dealkylation sites (N-methyl/N-ethyl adjacent to an activating group) is 1. The molecule has 2 aromatic heterocycles. The Bertz CT molecular complexity index is 668. The van der Waals surface area contributed by atoms with Gasteiger partial charge in [0, 0.05) is 31.4 Å².